The number of hydrogen-bond donors (Lipinski definition) is 2. The molecule has 1 aliphatic carbocycles. The third-order valence-electron chi connectivity index (χ3n) is 3.57. The molecule has 0 unspecified atom stereocenters. The predicted molar refractivity (Wildman–Crippen MR) is 66.6 cm³/mol. The SMILES string of the molecule is O=C1NC2(CC=CC2)C(=O)N[C@H]1c1ccccc1. The minimum atomic E-state index is -0.748. The number of piperazine rings is 1. The van der Waals surface area contributed by atoms with Crippen molar-refractivity contribution in [3.05, 3.63) is 48.0 Å². The molecular weight excluding hydrogens is 228 g/mol. The molecule has 92 valence electrons. The molecule has 2 N–H and O–H groups in total. The Bertz CT molecular complexity index is 514. The van der Waals surface area contributed by atoms with Crippen LogP contribution in [0.15, 0.2) is 42.5 Å². The van der Waals surface area contributed by atoms with E-state index in [-0.39, 0.29) is 11.8 Å². The Balaban J connectivity index is 1.86. The molecular formula is C14H14N2O2. The van der Waals surface area contributed by atoms with E-state index in [4.69, 9.17) is 0 Å². The van der Waals surface area contributed by atoms with Crippen LogP contribution in [0.5, 0.6) is 0 Å². The number of rotatable bonds is 1. The van der Waals surface area contributed by atoms with Gasteiger partial charge in [-0.15, -0.1) is 0 Å². The fourth-order valence-corrected chi connectivity index (χ4v) is 2.52. The van der Waals surface area contributed by atoms with Gasteiger partial charge in [-0.1, -0.05) is 42.5 Å². The van der Waals surface area contributed by atoms with E-state index in [0.717, 1.165) is 5.56 Å². The molecule has 0 aromatic heterocycles. The second-order valence-electron chi connectivity index (χ2n) is 4.77. The van der Waals surface area contributed by atoms with Crippen molar-refractivity contribution in [2.45, 2.75) is 24.4 Å². The molecule has 0 bridgehead atoms. The number of nitrogens with one attached hydrogen (secondary N) is 2. The Morgan fingerprint density at radius 1 is 1.06 bits per heavy atom. The van der Waals surface area contributed by atoms with Crippen LogP contribution in [0.4, 0.5) is 0 Å². The normalized spacial score (nSPS) is 25.0. The maximum absolute atomic E-state index is 12.2. The van der Waals surface area contributed by atoms with Crippen LogP contribution in [0.2, 0.25) is 0 Å². The van der Waals surface area contributed by atoms with E-state index in [0.29, 0.717) is 12.8 Å². The average Bonchev–Trinajstić information content (AvgIpc) is 2.84. The lowest BCUT2D eigenvalue weighted by molar-refractivity contribution is -0.141. The van der Waals surface area contributed by atoms with Crippen molar-refractivity contribution in [3.8, 4) is 0 Å². The average molecular weight is 242 g/mol. The summed E-state index contributed by atoms with van der Waals surface area (Å²) in [5.74, 6) is -0.231. The van der Waals surface area contributed by atoms with E-state index in [1.54, 1.807) is 0 Å². The molecule has 0 radical (unpaired) electrons. The van der Waals surface area contributed by atoms with E-state index in [9.17, 15) is 9.59 Å². The fraction of sp³-hybridized carbons (Fsp3) is 0.286. The molecule has 4 heteroatoms. The summed E-state index contributed by atoms with van der Waals surface area (Å²) in [4.78, 5) is 24.3. The molecule has 1 saturated heterocycles. The van der Waals surface area contributed by atoms with Gasteiger partial charge < -0.3 is 10.6 Å². The highest BCUT2D eigenvalue weighted by Gasteiger charge is 2.46. The molecule has 2 aliphatic rings. The zero-order valence-corrected chi connectivity index (χ0v) is 9.85. The Labute approximate surface area is 105 Å². The fourth-order valence-electron chi connectivity index (χ4n) is 2.52. The monoisotopic (exact) mass is 242 g/mol. The number of carbonyl (C=O) groups is 2. The summed E-state index contributed by atoms with van der Waals surface area (Å²) in [5.41, 5.74) is 0.0617. The van der Waals surface area contributed by atoms with Crippen molar-refractivity contribution in [2.75, 3.05) is 0 Å². The van der Waals surface area contributed by atoms with Gasteiger partial charge in [0.1, 0.15) is 11.6 Å². The topological polar surface area (TPSA) is 58.2 Å². The van der Waals surface area contributed by atoms with Gasteiger partial charge in [0.05, 0.1) is 0 Å². The molecule has 2 amide bonds. The first-order valence-electron chi connectivity index (χ1n) is 6.04. The van der Waals surface area contributed by atoms with Crippen LogP contribution in [-0.2, 0) is 9.59 Å². The Hall–Kier alpha value is -2.10. The molecule has 3 rings (SSSR count). The van der Waals surface area contributed by atoms with Gasteiger partial charge in [-0.3, -0.25) is 9.59 Å². The summed E-state index contributed by atoms with van der Waals surface area (Å²) in [5, 5.41) is 5.70. The second-order valence-corrected chi connectivity index (χ2v) is 4.77. The molecule has 18 heavy (non-hydrogen) atoms. The molecule has 1 aromatic carbocycles. The number of hydrogen-bond acceptors (Lipinski definition) is 2. The van der Waals surface area contributed by atoms with Crippen LogP contribution in [0.25, 0.3) is 0 Å². The van der Waals surface area contributed by atoms with Gasteiger partial charge in [0, 0.05) is 0 Å². The van der Waals surface area contributed by atoms with Crippen LogP contribution < -0.4 is 10.6 Å². The summed E-state index contributed by atoms with van der Waals surface area (Å²) in [7, 11) is 0. The van der Waals surface area contributed by atoms with Crippen molar-refractivity contribution in [2.24, 2.45) is 0 Å². The highest BCUT2D eigenvalue weighted by Crippen LogP contribution is 2.29. The zero-order chi connectivity index (χ0) is 12.6. The van der Waals surface area contributed by atoms with Crippen LogP contribution in [0.1, 0.15) is 24.4 Å². The summed E-state index contributed by atoms with van der Waals surface area (Å²) in [6.45, 7) is 0. The Kier molecular flexibility index (Phi) is 2.44. The van der Waals surface area contributed by atoms with Crippen molar-refractivity contribution >= 4 is 11.8 Å². The quantitative estimate of drug-likeness (QED) is 0.723. The highest BCUT2D eigenvalue weighted by molar-refractivity contribution is 6.00. The van der Waals surface area contributed by atoms with E-state index < -0.39 is 11.6 Å². The largest absolute Gasteiger partial charge is 0.339 e. The van der Waals surface area contributed by atoms with Crippen LogP contribution in [-0.4, -0.2) is 17.4 Å². The Morgan fingerprint density at radius 2 is 1.72 bits per heavy atom. The first-order valence-corrected chi connectivity index (χ1v) is 6.04. The van der Waals surface area contributed by atoms with E-state index in [2.05, 4.69) is 10.6 Å². The van der Waals surface area contributed by atoms with Crippen molar-refractivity contribution in [1.29, 1.82) is 0 Å². The maximum Gasteiger partial charge on any atom is 0.248 e. The summed E-state index contributed by atoms with van der Waals surface area (Å²) in [6, 6.07) is 8.70. The first-order chi connectivity index (χ1) is 8.71. The standard InChI is InChI=1S/C14H14N2O2/c17-12-11(10-6-2-1-3-7-10)15-13(18)14(16-12)8-4-5-9-14/h1-7,11H,8-9H2,(H,15,18)(H,16,17)/t11-/m0/s1. The highest BCUT2D eigenvalue weighted by atomic mass is 16.2. The molecule has 0 saturated carbocycles. The van der Waals surface area contributed by atoms with Gasteiger partial charge >= 0.3 is 0 Å². The zero-order valence-electron chi connectivity index (χ0n) is 9.85. The third-order valence-corrected chi connectivity index (χ3v) is 3.57. The van der Waals surface area contributed by atoms with Gasteiger partial charge in [0.2, 0.25) is 11.8 Å². The van der Waals surface area contributed by atoms with Crippen molar-refractivity contribution < 1.29 is 9.59 Å². The van der Waals surface area contributed by atoms with Crippen molar-refractivity contribution in [3.63, 3.8) is 0 Å². The minimum Gasteiger partial charge on any atom is -0.339 e. The van der Waals surface area contributed by atoms with E-state index in [1.165, 1.54) is 0 Å². The first kappa shape index (κ1) is 11.0. The summed E-state index contributed by atoms with van der Waals surface area (Å²) < 4.78 is 0. The number of carbonyl (C=O) groups excluding carboxylic acids is 2. The van der Waals surface area contributed by atoms with Gasteiger partial charge in [0.25, 0.3) is 0 Å². The lowest BCUT2D eigenvalue weighted by Gasteiger charge is -2.37. The maximum atomic E-state index is 12.2. The molecule has 1 aliphatic heterocycles. The van der Waals surface area contributed by atoms with Crippen molar-refractivity contribution in [1.82, 2.24) is 10.6 Å². The summed E-state index contributed by atoms with van der Waals surface area (Å²) >= 11 is 0. The lowest BCUT2D eigenvalue weighted by Crippen LogP contribution is -2.65. The van der Waals surface area contributed by atoms with Gasteiger partial charge in [0.15, 0.2) is 0 Å². The molecule has 1 aromatic rings. The van der Waals surface area contributed by atoms with Gasteiger partial charge in [-0.2, -0.15) is 0 Å². The summed E-state index contributed by atoms with van der Waals surface area (Å²) in [6.07, 6.45) is 5.02. The van der Waals surface area contributed by atoms with Crippen LogP contribution in [0, 0.1) is 0 Å². The van der Waals surface area contributed by atoms with Gasteiger partial charge in [-0.25, -0.2) is 0 Å². The molecule has 1 atom stereocenters. The van der Waals surface area contributed by atoms with Gasteiger partial charge in [-0.05, 0) is 18.4 Å². The number of amides is 2. The molecule has 4 nitrogen and oxygen atoms in total. The second kappa shape index (κ2) is 3.98. The van der Waals surface area contributed by atoms with Crippen LogP contribution in [0.3, 0.4) is 0 Å². The molecule has 1 fully saturated rings. The molecule has 1 heterocycles. The molecule has 1 spiro atoms. The lowest BCUT2D eigenvalue weighted by atomic mass is 9.90. The van der Waals surface area contributed by atoms with E-state index in [1.807, 2.05) is 42.5 Å². The minimum absolute atomic E-state index is 0.0963. The smallest absolute Gasteiger partial charge is 0.248 e. The van der Waals surface area contributed by atoms with Crippen LogP contribution >= 0.6 is 0 Å². The number of benzene rings is 1. The van der Waals surface area contributed by atoms with E-state index >= 15 is 0 Å². The third kappa shape index (κ3) is 1.61. The predicted octanol–water partition coefficient (Wildman–Crippen LogP) is 1.06. The Morgan fingerprint density at radius 3 is 2.39 bits per heavy atom.